The van der Waals surface area contributed by atoms with E-state index in [0.717, 1.165) is 27.2 Å². The zero-order valence-electron chi connectivity index (χ0n) is 15.8. The van der Waals surface area contributed by atoms with Gasteiger partial charge >= 0.3 is 0 Å². The molecule has 6 nitrogen and oxygen atoms in total. The number of benzene rings is 1. The fourth-order valence-corrected chi connectivity index (χ4v) is 4.46. The van der Waals surface area contributed by atoms with Crippen molar-refractivity contribution in [3.05, 3.63) is 36.4 Å². The van der Waals surface area contributed by atoms with Gasteiger partial charge in [-0.3, -0.25) is 4.79 Å². The molecule has 0 bridgehead atoms. The smallest absolute Gasteiger partial charge is 0.232 e. The second kappa shape index (κ2) is 6.98. The van der Waals surface area contributed by atoms with E-state index in [-0.39, 0.29) is 30.0 Å². The van der Waals surface area contributed by atoms with Gasteiger partial charge in [-0.25, -0.2) is 15.0 Å². The van der Waals surface area contributed by atoms with E-state index >= 15 is 0 Å². The zero-order valence-corrected chi connectivity index (χ0v) is 16.6. The number of rotatable bonds is 3. The van der Waals surface area contributed by atoms with Crippen LogP contribution in [0.5, 0.6) is 0 Å². The van der Waals surface area contributed by atoms with Crippen LogP contribution in [0.25, 0.3) is 21.3 Å². The van der Waals surface area contributed by atoms with E-state index in [9.17, 15) is 4.79 Å². The molecule has 4 rings (SSSR count). The molecule has 0 radical (unpaired) electrons. The third-order valence-corrected chi connectivity index (χ3v) is 6.23. The van der Waals surface area contributed by atoms with Gasteiger partial charge < -0.3 is 10.1 Å². The molecule has 1 aromatic carbocycles. The van der Waals surface area contributed by atoms with Gasteiger partial charge in [0, 0.05) is 17.8 Å². The second-order valence-electron chi connectivity index (χ2n) is 7.14. The van der Waals surface area contributed by atoms with Crippen LogP contribution in [0.1, 0.15) is 26.6 Å². The number of carbonyl (C=O) groups is 1. The molecular formula is C20H22N4O2S. The summed E-state index contributed by atoms with van der Waals surface area (Å²) in [4.78, 5) is 26.8. The van der Waals surface area contributed by atoms with Crippen molar-refractivity contribution >= 4 is 33.3 Å². The van der Waals surface area contributed by atoms with E-state index in [1.54, 1.807) is 6.20 Å². The van der Waals surface area contributed by atoms with Crippen molar-refractivity contribution in [1.82, 2.24) is 15.0 Å². The number of hydrogen-bond acceptors (Lipinski definition) is 6. The van der Waals surface area contributed by atoms with E-state index in [4.69, 9.17) is 4.74 Å². The highest BCUT2D eigenvalue weighted by Crippen LogP contribution is 2.35. The number of nitrogens with one attached hydrogen (secondary N) is 1. The lowest BCUT2D eigenvalue weighted by atomic mass is 9.89. The Bertz CT molecular complexity index is 1000. The van der Waals surface area contributed by atoms with E-state index in [1.807, 2.05) is 45.2 Å². The van der Waals surface area contributed by atoms with Crippen molar-refractivity contribution in [3.63, 3.8) is 0 Å². The van der Waals surface area contributed by atoms with Crippen molar-refractivity contribution in [2.24, 2.45) is 11.8 Å². The topological polar surface area (TPSA) is 77.0 Å². The minimum absolute atomic E-state index is 0.0258. The van der Waals surface area contributed by atoms with Crippen LogP contribution in [-0.4, -0.2) is 33.1 Å². The summed E-state index contributed by atoms with van der Waals surface area (Å²) < 4.78 is 5.78. The van der Waals surface area contributed by atoms with Crippen LogP contribution in [0, 0.1) is 18.8 Å². The zero-order chi connectivity index (χ0) is 19.1. The summed E-state index contributed by atoms with van der Waals surface area (Å²) >= 11 is 1.46. The molecule has 1 fully saturated rings. The number of hydrogen-bond donors (Lipinski definition) is 1. The highest BCUT2D eigenvalue weighted by molar-refractivity contribution is 7.19. The number of carbonyl (C=O) groups excluding carboxylic acids is 1. The number of aryl methyl sites for hydroxylation is 1. The third-order valence-electron chi connectivity index (χ3n) is 5.27. The SMILES string of the molecule is Cc1ncc2ccc(-c3cnc(NC(=O)C4C(C)OC(C)C4C)s3)cc2n1. The van der Waals surface area contributed by atoms with E-state index in [1.165, 1.54) is 11.3 Å². The number of nitrogens with zero attached hydrogens (tertiary/aromatic N) is 3. The fraction of sp³-hybridized carbons (Fsp3) is 0.400. The quantitative estimate of drug-likeness (QED) is 0.739. The molecule has 1 N–H and O–H groups in total. The predicted molar refractivity (Wildman–Crippen MR) is 107 cm³/mol. The number of fused-ring (bicyclic) bond motifs is 1. The lowest BCUT2D eigenvalue weighted by Crippen LogP contribution is -2.31. The van der Waals surface area contributed by atoms with Crippen LogP contribution >= 0.6 is 11.3 Å². The van der Waals surface area contributed by atoms with Gasteiger partial charge in [-0.2, -0.15) is 0 Å². The van der Waals surface area contributed by atoms with Gasteiger partial charge in [-0.05, 0) is 38.3 Å². The Morgan fingerprint density at radius 1 is 1.15 bits per heavy atom. The lowest BCUT2D eigenvalue weighted by molar-refractivity contribution is -0.121. The summed E-state index contributed by atoms with van der Waals surface area (Å²) in [5.41, 5.74) is 1.93. The molecule has 4 unspecified atom stereocenters. The van der Waals surface area contributed by atoms with E-state index < -0.39 is 0 Å². The van der Waals surface area contributed by atoms with Crippen molar-refractivity contribution in [3.8, 4) is 10.4 Å². The Labute approximate surface area is 162 Å². The molecule has 0 saturated carbocycles. The first-order valence-electron chi connectivity index (χ1n) is 9.08. The van der Waals surface area contributed by atoms with Gasteiger partial charge in [0.2, 0.25) is 5.91 Å². The number of anilines is 1. The van der Waals surface area contributed by atoms with Gasteiger partial charge in [-0.15, -0.1) is 0 Å². The standard InChI is InChI=1S/C20H22N4O2S/c1-10-11(2)26-12(3)18(10)19(25)24-20-22-9-17(27-20)14-5-6-15-8-21-13(4)23-16(15)7-14/h5-12,18H,1-4H3,(H,22,24,25). The Hall–Kier alpha value is -2.38. The number of ether oxygens (including phenoxy) is 1. The lowest BCUT2D eigenvalue weighted by Gasteiger charge is -2.16. The predicted octanol–water partition coefficient (Wildman–Crippen LogP) is 4.06. The van der Waals surface area contributed by atoms with Crippen LogP contribution in [0.4, 0.5) is 5.13 Å². The van der Waals surface area contributed by atoms with E-state index in [0.29, 0.717) is 5.13 Å². The van der Waals surface area contributed by atoms with Gasteiger partial charge in [0.05, 0.1) is 28.5 Å². The Kier molecular flexibility index (Phi) is 4.65. The minimum atomic E-state index is -0.160. The highest BCUT2D eigenvalue weighted by Gasteiger charge is 2.41. The summed E-state index contributed by atoms with van der Waals surface area (Å²) in [7, 11) is 0. The van der Waals surface area contributed by atoms with Crippen molar-refractivity contribution in [1.29, 1.82) is 0 Å². The molecule has 1 saturated heterocycles. The van der Waals surface area contributed by atoms with Crippen LogP contribution < -0.4 is 5.32 Å². The maximum atomic E-state index is 12.7. The number of amides is 1. The molecule has 140 valence electrons. The maximum absolute atomic E-state index is 12.7. The van der Waals surface area contributed by atoms with Crippen LogP contribution in [-0.2, 0) is 9.53 Å². The second-order valence-corrected chi connectivity index (χ2v) is 8.17. The highest BCUT2D eigenvalue weighted by atomic mass is 32.1. The molecule has 1 aliphatic heterocycles. The van der Waals surface area contributed by atoms with Gasteiger partial charge in [0.1, 0.15) is 5.82 Å². The average molecular weight is 382 g/mol. The maximum Gasteiger partial charge on any atom is 0.232 e. The summed E-state index contributed by atoms with van der Waals surface area (Å²) in [6.07, 6.45) is 3.62. The average Bonchev–Trinajstić information content (AvgIpc) is 3.18. The molecule has 2 aromatic heterocycles. The van der Waals surface area contributed by atoms with Gasteiger partial charge in [0.15, 0.2) is 5.13 Å². The molecule has 4 atom stereocenters. The minimum Gasteiger partial charge on any atom is -0.374 e. The Morgan fingerprint density at radius 3 is 2.70 bits per heavy atom. The van der Waals surface area contributed by atoms with Crippen LogP contribution in [0.2, 0.25) is 0 Å². The molecule has 3 aromatic rings. The first-order chi connectivity index (χ1) is 12.9. The molecule has 0 spiro atoms. The fourth-order valence-electron chi connectivity index (χ4n) is 3.64. The van der Waals surface area contributed by atoms with Crippen molar-refractivity contribution in [2.75, 3.05) is 5.32 Å². The van der Waals surface area contributed by atoms with Crippen LogP contribution in [0.3, 0.4) is 0 Å². The Balaban J connectivity index is 1.54. The monoisotopic (exact) mass is 382 g/mol. The molecule has 1 amide bonds. The summed E-state index contributed by atoms with van der Waals surface area (Å²) in [5.74, 6) is 0.742. The normalized spacial score (nSPS) is 25.0. The molecule has 0 aliphatic carbocycles. The van der Waals surface area contributed by atoms with E-state index in [2.05, 4.69) is 27.2 Å². The summed E-state index contributed by atoms with van der Waals surface area (Å²) in [6.45, 7) is 7.91. The summed E-state index contributed by atoms with van der Waals surface area (Å²) in [5, 5.41) is 4.57. The largest absolute Gasteiger partial charge is 0.374 e. The Morgan fingerprint density at radius 2 is 1.96 bits per heavy atom. The first kappa shape index (κ1) is 18.0. The summed E-state index contributed by atoms with van der Waals surface area (Å²) in [6, 6.07) is 6.05. The van der Waals surface area contributed by atoms with Crippen molar-refractivity contribution in [2.45, 2.75) is 39.9 Å². The number of aromatic nitrogens is 3. The molecular weight excluding hydrogens is 360 g/mol. The molecule has 1 aliphatic rings. The first-order valence-corrected chi connectivity index (χ1v) is 9.90. The van der Waals surface area contributed by atoms with Gasteiger partial charge in [-0.1, -0.05) is 30.4 Å². The third kappa shape index (κ3) is 3.44. The molecule has 7 heteroatoms. The van der Waals surface area contributed by atoms with Crippen LogP contribution in [0.15, 0.2) is 30.6 Å². The van der Waals surface area contributed by atoms with Crippen molar-refractivity contribution < 1.29 is 9.53 Å². The molecule has 3 heterocycles. The van der Waals surface area contributed by atoms with Gasteiger partial charge in [0.25, 0.3) is 0 Å². The number of thiazole rings is 1. The molecule has 27 heavy (non-hydrogen) atoms.